The molecular formula is C11H17BNO6-. The third-order valence-corrected chi connectivity index (χ3v) is 2.68. The van der Waals surface area contributed by atoms with Gasteiger partial charge in [0.2, 0.25) is 0 Å². The van der Waals surface area contributed by atoms with E-state index >= 15 is 0 Å². The third-order valence-electron chi connectivity index (χ3n) is 2.68. The van der Waals surface area contributed by atoms with Gasteiger partial charge in [-0.25, -0.2) is 0 Å². The van der Waals surface area contributed by atoms with Crippen LogP contribution in [0.15, 0.2) is 18.2 Å². The summed E-state index contributed by atoms with van der Waals surface area (Å²) in [7, 11) is 2.79. The number of carbonyl (C=O) groups excluding carboxylic acids is 1. The number of nitrogens with one attached hydrogen (secondary N) is 1. The smallest absolute Gasteiger partial charge is 0.393 e. The molecule has 1 aromatic carbocycles. The van der Waals surface area contributed by atoms with Crippen molar-refractivity contribution in [2.45, 2.75) is 12.9 Å². The maximum atomic E-state index is 12.1. The van der Waals surface area contributed by atoms with Crippen LogP contribution >= 0.6 is 0 Å². The molecular weight excluding hydrogens is 253 g/mol. The Hall–Kier alpha value is -1.77. The zero-order valence-electron chi connectivity index (χ0n) is 11.0. The summed E-state index contributed by atoms with van der Waals surface area (Å²) in [6.07, 6.45) is 0. The summed E-state index contributed by atoms with van der Waals surface area (Å²) in [6.45, 7) is -2.38. The minimum atomic E-state index is -3.65. The summed E-state index contributed by atoms with van der Waals surface area (Å²) in [5.74, 6) is -1.33. The molecule has 0 aliphatic heterocycles. The van der Waals surface area contributed by atoms with E-state index in [9.17, 15) is 4.79 Å². The van der Waals surface area contributed by atoms with Gasteiger partial charge in [-0.3, -0.25) is 4.79 Å². The van der Waals surface area contributed by atoms with Gasteiger partial charge in [0.15, 0.2) is 0 Å². The number of hydrogen-bond acceptors (Lipinski definition) is 6. The fourth-order valence-electron chi connectivity index (χ4n) is 1.47. The second-order valence-electron chi connectivity index (χ2n) is 4.09. The molecule has 0 radical (unpaired) electrons. The summed E-state index contributed by atoms with van der Waals surface area (Å²) in [5.41, 5.74) is 0.111. The lowest BCUT2D eigenvalue weighted by Gasteiger charge is -2.29. The molecule has 4 N–H and O–H groups in total. The van der Waals surface area contributed by atoms with Crippen LogP contribution in [0.1, 0.15) is 17.3 Å². The monoisotopic (exact) mass is 270 g/mol. The van der Waals surface area contributed by atoms with E-state index < -0.39 is 18.6 Å². The maximum absolute atomic E-state index is 12.1. The topological polar surface area (TPSA) is 108 Å². The van der Waals surface area contributed by atoms with Crippen LogP contribution in [0, 0.1) is 0 Å². The van der Waals surface area contributed by atoms with Crippen molar-refractivity contribution >= 4 is 12.7 Å². The first-order valence-corrected chi connectivity index (χ1v) is 5.65. The number of rotatable bonds is 5. The molecule has 0 aliphatic carbocycles. The van der Waals surface area contributed by atoms with E-state index in [-0.39, 0.29) is 17.1 Å². The van der Waals surface area contributed by atoms with E-state index in [2.05, 4.69) is 5.32 Å². The zero-order valence-corrected chi connectivity index (χ0v) is 11.0. The first kappa shape index (κ1) is 15.3. The van der Waals surface area contributed by atoms with E-state index in [4.69, 9.17) is 24.5 Å². The highest BCUT2D eigenvalue weighted by Gasteiger charge is 2.28. The second-order valence-corrected chi connectivity index (χ2v) is 4.09. The summed E-state index contributed by atoms with van der Waals surface area (Å²) in [6, 6.07) is 4.78. The van der Waals surface area contributed by atoms with Crippen molar-refractivity contribution in [3.8, 4) is 11.5 Å². The number of carbonyl (C=O) groups is 1. The van der Waals surface area contributed by atoms with Gasteiger partial charge < -0.3 is 29.9 Å². The molecule has 0 aromatic heterocycles. The Kier molecular flexibility index (Phi) is 4.76. The quantitative estimate of drug-likeness (QED) is 0.526. The SMILES string of the molecule is COc1cccc(OC)c1C(=O)N[C@H](C)[B-](O)(O)O. The fourth-order valence-corrected chi connectivity index (χ4v) is 1.47. The highest BCUT2D eigenvalue weighted by atomic mass is 16.5. The predicted octanol–water partition coefficient (Wildman–Crippen LogP) is -0.723. The van der Waals surface area contributed by atoms with Crippen LogP contribution in [-0.4, -0.2) is 47.9 Å². The summed E-state index contributed by atoms with van der Waals surface area (Å²) in [4.78, 5) is 12.1. The summed E-state index contributed by atoms with van der Waals surface area (Å²) < 4.78 is 10.1. The molecule has 1 amide bonds. The van der Waals surface area contributed by atoms with E-state index in [0.717, 1.165) is 0 Å². The van der Waals surface area contributed by atoms with Crippen LogP contribution in [0.3, 0.4) is 0 Å². The van der Waals surface area contributed by atoms with Crippen LogP contribution < -0.4 is 14.8 Å². The molecule has 1 atom stereocenters. The molecule has 0 heterocycles. The first-order chi connectivity index (χ1) is 8.81. The van der Waals surface area contributed by atoms with Crippen molar-refractivity contribution in [3.05, 3.63) is 23.8 Å². The highest BCUT2D eigenvalue weighted by molar-refractivity contribution is 6.58. The molecule has 0 bridgehead atoms. The Morgan fingerprint density at radius 3 is 2.05 bits per heavy atom. The summed E-state index contributed by atoms with van der Waals surface area (Å²) >= 11 is 0. The Morgan fingerprint density at radius 2 is 1.68 bits per heavy atom. The van der Waals surface area contributed by atoms with Crippen LogP contribution in [0.25, 0.3) is 0 Å². The van der Waals surface area contributed by atoms with Gasteiger partial charge in [-0.2, -0.15) is 0 Å². The van der Waals surface area contributed by atoms with Gasteiger partial charge >= 0.3 is 6.75 Å². The molecule has 19 heavy (non-hydrogen) atoms. The van der Waals surface area contributed by atoms with Crippen molar-refractivity contribution < 1.29 is 29.3 Å². The normalized spacial score (nSPS) is 12.7. The molecule has 7 nitrogen and oxygen atoms in total. The molecule has 0 saturated carbocycles. The van der Waals surface area contributed by atoms with Gasteiger partial charge in [-0.05, 0) is 18.1 Å². The average molecular weight is 270 g/mol. The van der Waals surface area contributed by atoms with Crippen molar-refractivity contribution in [2.24, 2.45) is 0 Å². The molecule has 0 unspecified atom stereocenters. The molecule has 0 saturated heterocycles. The zero-order chi connectivity index (χ0) is 14.6. The van der Waals surface area contributed by atoms with Gasteiger partial charge in [0.05, 0.1) is 14.2 Å². The third kappa shape index (κ3) is 3.60. The predicted molar refractivity (Wildman–Crippen MR) is 68.9 cm³/mol. The number of benzene rings is 1. The largest absolute Gasteiger partial charge is 0.558 e. The Balaban J connectivity index is 3.05. The molecule has 1 rings (SSSR count). The molecule has 0 aliphatic rings. The molecule has 0 spiro atoms. The Labute approximate surface area is 110 Å². The standard InChI is InChI=1S/C11H17BNO6/c1-7(12(15,16)17)13-11(14)10-8(18-2)5-4-6-9(10)19-3/h4-7,15-17H,1-3H3,(H,13,14)/q-1/t7-/m1/s1. The lowest BCUT2D eigenvalue weighted by atomic mass is 9.71. The number of amides is 1. The average Bonchev–Trinajstić information content (AvgIpc) is 2.36. The number of hydrogen-bond donors (Lipinski definition) is 4. The Morgan fingerprint density at radius 1 is 1.21 bits per heavy atom. The summed E-state index contributed by atoms with van der Waals surface area (Å²) in [5, 5.41) is 29.4. The highest BCUT2D eigenvalue weighted by Crippen LogP contribution is 2.28. The molecule has 0 fully saturated rings. The maximum Gasteiger partial charge on any atom is 0.393 e. The minimum absolute atomic E-state index is 0.111. The van der Waals surface area contributed by atoms with E-state index in [1.807, 2.05) is 0 Å². The van der Waals surface area contributed by atoms with Crippen molar-refractivity contribution in [1.29, 1.82) is 0 Å². The van der Waals surface area contributed by atoms with Crippen LogP contribution in [-0.2, 0) is 0 Å². The first-order valence-electron chi connectivity index (χ1n) is 5.65. The van der Waals surface area contributed by atoms with Crippen LogP contribution in [0.5, 0.6) is 11.5 Å². The fraction of sp³-hybridized carbons (Fsp3) is 0.364. The number of methoxy groups -OCH3 is 2. The van der Waals surface area contributed by atoms with Gasteiger partial charge in [0.25, 0.3) is 5.91 Å². The van der Waals surface area contributed by atoms with Crippen LogP contribution in [0.4, 0.5) is 0 Å². The van der Waals surface area contributed by atoms with E-state index in [1.165, 1.54) is 21.1 Å². The van der Waals surface area contributed by atoms with Crippen molar-refractivity contribution in [2.75, 3.05) is 14.2 Å². The minimum Gasteiger partial charge on any atom is -0.558 e. The van der Waals surface area contributed by atoms with Crippen molar-refractivity contribution in [1.82, 2.24) is 5.32 Å². The van der Waals surface area contributed by atoms with E-state index in [0.29, 0.717) is 0 Å². The Bertz CT molecular complexity index is 437. The molecule has 8 heteroatoms. The molecule has 106 valence electrons. The van der Waals surface area contributed by atoms with Gasteiger partial charge in [-0.15, -0.1) is 0 Å². The second kappa shape index (κ2) is 5.92. The molecule has 1 aromatic rings. The number of ether oxygens (including phenoxy) is 2. The van der Waals surface area contributed by atoms with Gasteiger partial charge in [0, 0.05) is 0 Å². The van der Waals surface area contributed by atoms with Crippen molar-refractivity contribution in [3.63, 3.8) is 0 Å². The lowest BCUT2D eigenvalue weighted by Crippen LogP contribution is -2.56. The van der Waals surface area contributed by atoms with E-state index in [1.54, 1.807) is 18.2 Å². The van der Waals surface area contributed by atoms with Gasteiger partial charge in [-0.1, -0.05) is 13.0 Å². The lowest BCUT2D eigenvalue weighted by molar-refractivity contribution is 0.0922. The van der Waals surface area contributed by atoms with Crippen LogP contribution in [0.2, 0.25) is 0 Å². The van der Waals surface area contributed by atoms with Gasteiger partial charge in [0.1, 0.15) is 17.1 Å².